The van der Waals surface area contributed by atoms with Gasteiger partial charge in [-0.05, 0) is 40.5 Å². The lowest BCUT2D eigenvalue weighted by Gasteiger charge is -2.26. The molecule has 1 aromatic heterocycles. The van der Waals surface area contributed by atoms with Crippen LogP contribution in [0.25, 0.3) is 0 Å². The van der Waals surface area contributed by atoms with Crippen LogP contribution in [0.2, 0.25) is 0 Å². The van der Waals surface area contributed by atoms with E-state index in [9.17, 15) is 4.79 Å². The first kappa shape index (κ1) is 15.9. The van der Waals surface area contributed by atoms with Crippen LogP contribution in [0.4, 0.5) is 5.82 Å². The Morgan fingerprint density at radius 1 is 1.33 bits per heavy atom. The first-order valence-electron chi connectivity index (χ1n) is 7.56. The lowest BCUT2D eigenvalue weighted by molar-refractivity contribution is -0.126. The molecular weight excluding hydrogens is 266 g/mol. The molecule has 1 saturated heterocycles. The van der Waals surface area contributed by atoms with Crippen molar-refractivity contribution in [3.8, 4) is 0 Å². The lowest BCUT2D eigenvalue weighted by atomic mass is 9.86. The number of aryl methyl sites for hydroxylation is 1. The molecule has 2 heterocycles. The number of carbonyl (C=O) groups excluding carboxylic acids is 1. The molecule has 5 nitrogen and oxygen atoms in total. The van der Waals surface area contributed by atoms with Gasteiger partial charge in [0.25, 0.3) is 0 Å². The minimum atomic E-state index is -0.472. The van der Waals surface area contributed by atoms with Crippen molar-refractivity contribution in [2.45, 2.75) is 65.1 Å². The molecule has 1 aromatic rings. The van der Waals surface area contributed by atoms with Gasteiger partial charge in [-0.15, -0.1) is 0 Å². The average Bonchev–Trinajstić information content (AvgIpc) is 2.60. The molecule has 1 aliphatic rings. The summed E-state index contributed by atoms with van der Waals surface area (Å²) in [7, 11) is 0. The van der Waals surface area contributed by atoms with Crippen LogP contribution in [0, 0.1) is 5.92 Å². The quantitative estimate of drug-likeness (QED) is 0.926. The van der Waals surface area contributed by atoms with Crippen molar-refractivity contribution in [1.82, 2.24) is 9.97 Å². The Kier molecular flexibility index (Phi) is 4.33. The van der Waals surface area contributed by atoms with E-state index in [2.05, 4.69) is 22.2 Å². The van der Waals surface area contributed by atoms with Gasteiger partial charge >= 0.3 is 0 Å². The van der Waals surface area contributed by atoms with Crippen LogP contribution in [-0.2, 0) is 16.0 Å². The predicted octanol–water partition coefficient (Wildman–Crippen LogP) is 2.96. The van der Waals surface area contributed by atoms with Crippen LogP contribution in [0.5, 0.6) is 0 Å². The molecule has 1 fully saturated rings. The van der Waals surface area contributed by atoms with Gasteiger partial charge in [-0.3, -0.25) is 9.78 Å². The number of hydrogen-bond acceptors (Lipinski definition) is 4. The van der Waals surface area contributed by atoms with Crippen molar-refractivity contribution >= 4 is 11.7 Å². The third-order valence-corrected chi connectivity index (χ3v) is 3.89. The molecule has 21 heavy (non-hydrogen) atoms. The van der Waals surface area contributed by atoms with Crippen LogP contribution in [0.15, 0.2) is 12.4 Å². The summed E-state index contributed by atoms with van der Waals surface area (Å²) in [5.74, 6) is 0.345. The van der Waals surface area contributed by atoms with E-state index in [1.807, 2.05) is 27.7 Å². The molecule has 0 aromatic carbocycles. The second-order valence-corrected chi connectivity index (χ2v) is 6.81. The zero-order chi connectivity index (χ0) is 15.7. The number of amides is 1. The SMILES string of the molecule is CCCc1nccnc1NC(=O)C1CC(C)(C)OC1(C)C. The number of nitrogens with zero attached hydrogens (tertiary/aromatic N) is 2. The van der Waals surface area contributed by atoms with Gasteiger partial charge in [-0.1, -0.05) is 13.3 Å². The van der Waals surface area contributed by atoms with Crippen LogP contribution >= 0.6 is 0 Å². The summed E-state index contributed by atoms with van der Waals surface area (Å²) in [6.07, 6.45) is 5.74. The van der Waals surface area contributed by atoms with Gasteiger partial charge in [0.15, 0.2) is 5.82 Å². The number of aromatic nitrogens is 2. The van der Waals surface area contributed by atoms with Gasteiger partial charge in [-0.25, -0.2) is 4.98 Å². The van der Waals surface area contributed by atoms with Gasteiger partial charge in [0.1, 0.15) is 0 Å². The van der Waals surface area contributed by atoms with E-state index in [1.54, 1.807) is 12.4 Å². The summed E-state index contributed by atoms with van der Waals surface area (Å²) < 4.78 is 5.99. The first-order chi connectivity index (χ1) is 9.75. The summed E-state index contributed by atoms with van der Waals surface area (Å²) in [5.41, 5.74) is 0.0882. The van der Waals surface area contributed by atoms with Gasteiger partial charge in [-0.2, -0.15) is 0 Å². The Morgan fingerprint density at radius 3 is 2.57 bits per heavy atom. The van der Waals surface area contributed by atoms with Crippen molar-refractivity contribution in [3.05, 3.63) is 18.1 Å². The Bertz CT molecular complexity index is 526. The van der Waals surface area contributed by atoms with Crippen LogP contribution in [0.3, 0.4) is 0 Å². The average molecular weight is 291 g/mol. The summed E-state index contributed by atoms with van der Waals surface area (Å²) in [6.45, 7) is 10.1. The maximum atomic E-state index is 12.6. The Labute approximate surface area is 126 Å². The first-order valence-corrected chi connectivity index (χ1v) is 7.56. The van der Waals surface area contributed by atoms with Crippen molar-refractivity contribution in [3.63, 3.8) is 0 Å². The van der Waals surface area contributed by atoms with Crippen molar-refractivity contribution in [1.29, 1.82) is 0 Å². The van der Waals surface area contributed by atoms with E-state index in [0.717, 1.165) is 18.5 Å². The topological polar surface area (TPSA) is 64.1 Å². The molecule has 2 rings (SSSR count). The number of rotatable bonds is 4. The fraction of sp³-hybridized carbons (Fsp3) is 0.688. The van der Waals surface area contributed by atoms with Crippen molar-refractivity contribution in [2.24, 2.45) is 5.92 Å². The zero-order valence-electron chi connectivity index (χ0n) is 13.6. The highest BCUT2D eigenvalue weighted by atomic mass is 16.5. The van der Waals surface area contributed by atoms with Gasteiger partial charge in [0.05, 0.1) is 22.8 Å². The van der Waals surface area contributed by atoms with E-state index in [0.29, 0.717) is 12.2 Å². The second-order valence-electron chi connectivity index (χ2n) is 6.81. The summed E-state index contributed by atoms with van der Waals surface area (Å²) in [4.78, 5) is 21.2. The summed E-state index contributed by atoms with van der Waals surface area (Å²) in [5, 5.41) is 2.94. The fourth-order valence-corrected chi connectivity index (χ4v) is 3.07. The highest BCUT2D eigenvalue weighted by Gasteiger charge is 2.49. The molecule has 1 unspecified atom stereocenters. The second kappa shape index (κ2) is 5.72. The van der Waals surface area contributed by atoms with Gasteiger partial charge in [0, 0.05) is 12.4 Å². The molecule has 0 spiro atoms. The molecule has 5 heteroatoms. The van der Waals surface area contributed by atoms with E-state index in [4.69, 9.17) is 4.74 Å². The number of anilines is 1. The van der Waals surface area contributed by atoms with Crippen LogP contribution in [-0.4, -0.2) is 27.1 Å². The number of nitrogens with one attached hydrogen (secondary N) is 1. The number of carbonyl (C=O) groups is 1. The highest BCUT2D eigenvalue weighted by Crippen LogP contribution is 2.42. The number of ether oxygens (including phenoxy) is 1. The molecular formula is C16H25N3O2. The van der Waals surface area contributed by atoms with E-state index in [1.165, 1.54) is 0 Å². The minimum absolute atomic E-state index is 0.0385. The third kappa shape index (κ3) is 3.59. The maximum absolute atomic E-state index is 12.6. The predicted molar refractivity (Wildman–Crippen MR) is 82.0 cm³/mol. The molecule has 1 N–H and O–H groups in total. The Morgan fingerprint density at radius 2 is 2.00 bits per heavy atom. The Hall–Kier alpha value is -1.49. The van der Waals surface area contributed by atoms with Crippen LogP contribution in [0.1, 0.15) is 53.2 Å². The highest BCUT2D eigenvalue weighted by molar-refractivity contribution is 5.93. The van der Waals surface area contributed by atoms with E-state index in [-0.39, 0.29) is 17.4 Å². The molecule has 0 bridgehead atoms. The molecule has 0 aliphatic carbocycles. The summed E-state index contributed by atoms with van der Waals surface area (Å²) >= 11 is 0. The Balaban J connectivity index is 2.15. The third-order valence-electron chi connectivity index (χ3n) is 3.89. The monoisotopic (exact) mass is 291 g/mol. The molecule has 0 radical (unpaired) electrons. The molecule has 0 saturated carbocycles. The minimum Gasteiger partial charge on any atom is -0.369 e. The fourth-order valence-electron chi connectivity index (χ4n) is 3.07. The molecule has 1 amide bonds. The normalized spacial score (nSPS) is 23.0. The van der Waals surface area contributed by atoms with E-state index < -0.39 is 5.60 Å². The summed E-state index contributed by atoms with van der Waals surface area (Å²) in [6, 6.07) is 0. The van der Waals surface area contributed by atoms with Crippen LogP contribution < -0.4 is 5.32 Å². The van der Waals surface area contributed by atoms with Crippen molar-refractivity contribution in [2.75, 3.05) is 5.32 Å². The van der Waals surface area contributed by atoms with Gasteiger partial charge < -0.3 is 10.1 Å². The molecule has 116 valence electrons. The van der Waals surface area contributed by atoms with E-state index >= 15 is 0 Å². The zero-order valence-corrected chi connectivity index (χ0v) is 13.6. The lowest BCUT2D eigenvalue weighted by Crippen LogP contribution is -2.37. The molecule has 1 atom stereocenters. The van der Waals surface area contributed by atoms with Crippen molar-refractivity contribution < 1.29 is 9.53 Å². The maximum Gasteiger partial charge on any atom is 0.231 e. The smallest absolute Gasteiger partial charge is 0.231 e. The standard InChI is InChI=1S/C16H25N3O2/c1-6-7-12-13(18-9-8-17-12)19-14(20)11-10-15(2,3)21-16(11,4)5/h8-9,11H,6-7,10H2,1-5H3,(H,18,19,20). The number of hydrogen-bond donors (Lipinski definition) is 1. The molecule has 1 aliphatic heterocycles. The van der Waals surface area contributed by atoms with Gasteiger partial charge in [0.2, 0.25) is 5.91 Å². The largest absolute Gasteiger partial charge is 0.369 e.